The molecular formula is C12H20N6. The van der Waals surface area contributed by atoms with E-state index in [1.165, 1.54) is 0 Å². The lowest BCUT2D eigenvalue weighted by atomic mass is 10.1. The normalized spacial score (nSPS) is 12.1. The summed E-state index contributed by atoms with van der Waals surface area (Å²) in [7, 11) is 1.90. The van der Waals surface area contributed by atoms with Crippen molar-refractivity contribution in [3.63, 3.8) is 0 Å². The quantitative estimate of drug-likeness (QED) is 0.886. The third kappa shape index (κ3) is 2.76. The highest BCUT2D eigenvalue weighted by Gasteiger charge is 2.14. The highest BCUT2D eigenvalue weighted by molar-refractivity contribution is 5.33. The van der Waals surface area contributed by atoms with E-state index in [0.717, 1.165) is 23.6 Å². The summed E-state index contributed by atoms with van der Waals surface area (Å²) in [5, 5.41) is 15.9. The number of aryl methyl sites for hydroxylation is 2. The monoisotopic (exact) mass is 248 g/mol. The Kier molecular flexibility index (Phi) is 3.21. The van der Waals surface area contributed by atoms with Crippen LogP contribution in [0.1, 0.15) is 32.2 Å². The third-order valence-electron chi connectivity index (χ3n) is 2.64. The number of hydrogen-bond donors (Lipinski definition) is 1. The molecule has 0 fully saturated rings. The van der Waals surface area contributed by atoms with Crippen LogP contribution in [-0.4, -0.2) is 30.3 Å². The lowest BCUT2D eigenvalue weighted by Gasteiger charge is -2.20. The molecule has 0 radical (unpaired) electrons. The van der Waals surface area contributed by atoms with E-state index in [1.807, 2.05) is 24.9 Å². The van der Waals surface area contributed by atoms with Crippen LogP contribution in [0.2, 0.25) is 0 Å². The highest BCUT2D eigenvalue weighted by Crippen LogP contribution is 2.13. The summed E-state index contributed by atoms with van der Waals surface area (Å²) in [5.41, 5.74) is 3.01. The van der Waals surface area contributed by atoms with Crippen molar-refractivity contribution in [3.8, 4) is 5.69 Å². The van der Waals surface area contributed by atoms with E-state index < -0.39 is 0 Å². The maximum Gasteiger partial charge on any atom is 0.108 e. The summed E-state index contributed by atoms with van der Waals surface area (Å²) in [5.74, 6) is 0. The predicted molar refractivity (Wildman–Crippen MR) is 69.5 cm³/mol. The van der Waals surface area contributed by atoms with Gasteiger partial charge in [-0.2, -0.15) is 5.10 Å². The van der Waals surface area contributed by atoms with Gasteiger partial charge in [0.1, 0.15) is 5.69 Å². The van der Waals surface area contributed by atoms with Crippen LogP contribution >= 0.6 is 0 Å². The standard InChI is InChI=1S/C12H20N6/c1-9-11(8-17(5)15-9)18-10(7-14-16-18)6-13-12(2,3)4/h7-8,13H,6H2,1-5H3. The number of rotatable bonds is 3. The van der Waals surface area contributed by atoms with Crippen LogP contribution in [0.3, 0.4) is 0 Å². The second-order valence-corrected chi connectivity index (χ2v) is 5.51. The fourth-order valence-electron chi connectivity index (χ4n) is 1.73. The summed E-state index contributed by atoms with van der Waals surface area (Å²) >= 11 is 0. The van der Waals surface area contributed by atoms with Crippen molar-refractivity contribution in [3.05, 3.63) is 23.8 Å². The summed E-state index contributed by atoms with van der Waals surface area (Å²) in [6.07, 6.45) is 3.73. The second kappa shape index (κ2) is 4.53. The first-order chi connectivity index (χ1) is 8.37. The Bertz CT molecular complexity index is 531. The van der Waals surface area contributed by atoms with E-state index in [0.29, 0.717) is 0 Å². The molecule has 6 heteroatoms. The molecule has 1 N–H and O–H groups in total. The lowest BCUT2D eigenvalue weighted by Crippen LogP contribution is -2.35. The number of nitrogens with one attached hydrogen (secondary N) is 1. The first-order valence-electron chi connectivity index (χ1n) is 6.02. The molecule has 0 bridgehead atoms. The van der Waals surface area contributed by atoms with Gasteiger partial charge in [-0.25, -0.2) is 4.68 Å². The van der Waals surface area contributed by atoms with Gasteiger partial charge >= 0.3 is 0 Å². The first-order valence-corrected chi connectivity index (χ1v) is 6.02. The summed E-state index contributed by atoms with van der Waals surface area (Å²) in [4.78, 5) is 0. The molecule has 0 atom stereocenters. The van der Waals surface area contributed by atoms with E-state index in [4.69, 9.17) is 0 Å². The molecule has 2 heterocycles. The minimum absolute atomic E-state index is 0.0685. The third-order valence-corrected chi connectivity index (χ3v) is 2.64. The molecule has 0 unspecified atom stereocenters. The fourth-order valence-corrected chi connectivity index (χ4v) is 1.73. The van der Waals surface area contributed by atoms with Gasteiger partial charge in [-0.05, 0) is 27.7 Å². The molecule has 2 aromatic heterocycles. The van der Waals surface area contributed by atoms with Crippen molar-refractivity contribution in [1.29, 1.82) is 0 Å². The van der Waals surface area contributed by atoms with Crippen molar-refractivity contribution in [2.75, 3.05) is 0 Å². The molecule has 0 spiro atoms. The van der Waals surface area contributed by atoms with E-state index in [2.05, 4.69) is 41.5 Å². The Labute approximate surface area is 107 Å². The molecule has 18 heavy (non-hydrogen) atoms. The maximum atomic E-state index is 4.32. The zero-order chi connectivity index (χ0) is 13.3. The van der Waals surface area contributed by atoms with Crippen LogP contribution in [0.25, 0.3) is 5.69 Å². The molecule has 98 valence electrons. The van der Waals surface area contributed by atoms with Gasteiger partial charge in [0.15, 0.2) is 0 Å². The van der Waals surface area contributed by atoms with E-state index in [-0.39, 0.29) is 5.54 Å². The minimum Gasteiger partial charge on any atom is -0.306 e. The molecule has 2 rings (SSSR count). The number of hydrogen-bond acceptors (Lipinski definition) is 4. The smallest absolute Gasteiger partial charge is 0.108 e. The average Bonchev–Trinajstić information content (AvgIpc) is 2.80. The fraction of sp³-hybridized carbons (Fsp3) is 0.583. The Hall–Kier alpha value is -1.69. The number of nitrogens with zero attached hydrogens (tertiary/aromatic N) is 5. The van der Waals surface area contributed by atoms with E-state index in [1.54, 1.807) is 10.9 Å². The van der Waals surface area contributed by atoms with Gasteiger partial charge in [-0.3, -0.25) is 4.68 Å². The zero-order valence-corrected chi connectivity index (χ0v) is 11.6. The lowest BCUT2D eigenvalue weighted by molar-refractivity contribution is 0.418. The van der Waals surface area contributed by atoms with Gasteiger partial charge in [0.2, 0.25) is 0 Å². The van der Waals surface area contributed by atoms with Gasteiger partial charge in [0.05, 0.1) is 23.8 Å². The molecule has 2 aromatic rings. The Balaban J connectivity index is 2.25. The van der Waals surface area contributed by atoms with Crippen molar-refractivity contribution >= 4 is 0 Å². The van der Waals surface area contributed by atoms with Crippen molar-refractivity contribution in [2.45, 2.75) is 39.8 Å². The second-order valence-electron chi connectivity index (χ2n) is 5.51. The molecule has 0 aromatic carbocycles. The van der Waals surface area contributed by atoms with Gasteiger partial charge in [0.25, 0.3) is 0 Å². The summed E-state index contributed by atoms with van der Waals surface area (Å²) in [6.45, 7) is 9.10. The molecule has 0 aliphatic carbocycles. The summed E-state index contributed by atoms with van der Waals surface area (Å²) in [6, 6.07) is 0. The largest absolute Gasteiger partial charge is 0.306 e. The molecule has 6 nitrogen and oxygen atoms in total. The van der Waals surface area contributed by atoms with Gasteiger partial charge in [-0.1, -0.05) is 5.21 Å². The molecule has 0 saturated carbocycles. The van der Waals surface area contributed by atoms with Gasteiger partial charge in [-0.15, -0.1) is 5.10 Å². The van der Waals surface area contributed by atoms with Crippen LogP contribution in [0.15, 0.2) is 12.4 Å². The van der Waals surface area contributed by atoms with Crippen LogP contribution in [0.4, 0.5) is 0 Å². The number of aromatic nitrogens is 5. The minimum atomic E-state index is 0.0685. The summed E-state index contributed by atoms with van der Waals surface area (Å²) < 4.78 is 3.62. The van der Waals surface area contributed by atoms with E-state index >= 15 is 0 Å². The van der Waals surface area contributed by atoms with Crippen LogP contribution in [-0.2, 0) is 13.6 Å². The Morgan fingerprint density at radius 1 is 1.33 bits per heavy atom. The topological polar surface area (TPSA) is 60.6 Å². The Morgan fingerprint density at radius 3 is 2.61 bits per heavy atom. The predicted octanol–water partition coefficient (Wildman–Crippen LogP) is 1.20. The average molecular weight is 248 g/mol. The first kappa shape index (κ1) is 12.8. The van der Waals surface area contributed by atoms with Crippen LogP contribution in [0, 0.1) is 6.92 Å². The molecule has 0 aliphatic heterocycles. The van der Waals surface area contributed by atoms with Crippen molar-refractivity contribution in [2.24, 2.45) is 7.05 Å². The SMILES string of the molecule is Cc1nn(C)cc1-n1nncc1CNC(C)(C)C. The maximum absolute atomic E-state index is 4.32. The van der Waals surface area contributed by atoms with Crippen LogP contribution in [0.5, 0.6) is 0 Å². The molecular weight excluding hydrogens is 228 g/mol. The van der Waals surface area contributed by atoms with Crippen molar-refractivity contribution in [1.82, 2.24) is 30.1 Å². The Morgan fingerprint density at radius 2 is 2.06 bits per heavy atom. The molecule has 0 amide bonds. The highest BCUT2D eigenvalue weighted by atomic mass is 15.4. The van der Waals surface area contributed by atoms with Crippen LogP contribution < -0.4 is 5.32 Å². The van der Waals surface area contributed by atoms with E-state index in [9.17, 15) is 0 Å². The van der Waals surface area contributed by atoms with Gasteiger partial charge in [0, 0.05) is 19.1 Å². The van der Waals surface area contributed by atoms with Crippen molar-refractivity contribution < 1.29 is 0 Å². The molecule has 0 saturated heterocycles. The molecule has 0 aliphatic rings. The van der Waals surface area contributed by atoms with Gasteiger partial charge < -0.3 is 5.32 Å². The zero-order valence-electron chi connectivity index (χ0n) is 11.6.